The number of halogens is 1. The summed E-state index contributed by atoms with van der Waals surface area (Å²) in [4.78, 5) is 17.9. The van der Waals surface area contributed by atoms with Crippen LogP contribution in [0.1, 0.15) is 26.7 Å². The zero-order chi connectivity index (χ0) is 13.3. The maximum absolute atomic E-state index is 11.3. The van der Waals surface area contributed by atoms with Gasteiger partial charge in [0.25, 0.3) is 0 Å². The second-order valence-electron chi connectivity index (χ2n) is 5.26. The van der Waals surface area contributed by atoms with Crippen LogP contribution in [0.3, 0.4) is 0 Å². The molecule has 0 aliphatic carbocycles. The van der Waals surface area contributed by atoms with E-state index in [-0.39, 0.29) is 5.92 Å². The molecule has 1 atom stereocenters. The van der Waals surface area contributed by atoms with Crippen LogP contribution >= 0.6 is 27.3 Å². The lowest BCUT2D eigenvalue weighted by molar-refractivity contribution is -0.150. The fourth-order valence-corrected chi connectivity index (χ4v) is 3.59. The standard InChI is InChI=1S/C12H17BrN2O2S/c1-12(2,10(16)17)8-4-3-5-15(6-8)11-14-9(13)7-18-11/h7-8H,3-6H2,1-2H3,(H,16,17). The van der Waals surface area contributed by atoms with E-state index >= 15 is 0 Å². The van der Waals surface area contributed by atoms with E-state index in [1.54, 1.807) is 11.3 Å². The van der Waals surface area contributed by atoms with Crippen molar-refractivity contribution >= 4 is 38.4 Å². The third kappa shape index (κ3) is 2.69. The lowest BCUT2D eigenvalue weighted by atomic mass is 9.75. The summed E-state index contributed by atoms with van der Waals surface area (Å²) in [7, 11) is 0. The third-order valence-corrected chi connectivity index (χ3v) is 5.34. The molecule has 0 aromatic carbocycles. The molecule has 2 heterocycles. The molecule has 1 N–H and O–H groups in total. The van der Waals surface area contributed by atoms with Gasteiger partial charge in [-0.1, -0.05) is 0 Å². The molecule has 0 radical (unpaired) electrons. The van der Waals surface area contributed by atoms with E-state index in [0.29, 0.717) is 0 Å². The van der Waals surface area contributed by atoms with E-state index in [1.807, 2.05) is 19.2 Å². The molecule has 1 aromatic heterocycles. The first-order valence-electron chi connectivity index (χ1n) is 6.00. The van der Waals surface area contributed by atoms with Crippen molar-refractivity contribution in [3.63, 3.8) is 0 Å². The number of carbonyl (C=O) groups is 1. The van der Waals surface area contributed by atoms with Gasteiger partial charge in [0, 0.05) is 18.5 Å². The minimum atomic E-state index is -0.713. The minimum Gasteiger partial charge on any atom is -0.481 e. The molecule has 1 aliphatic heterocycles. The van der Waals surface area contributed by atoms with Crippen molar-refractivity contribution < 1.29 is 9.90 Å². The molecule has 0 spiro atoms. The Morgan fingerprint density at radius 1 is 1.67 bits per heavy atom. The van der Waals surface area contributed by atoms with Crippen LogP contribution in [0, 0.1) is 11.3 Å². The molecule has 2 rings (SSSR count). The normalized spacial score (nSPS) is 21.1. The summed E-state index contributed by atoms with van der Waals surface area (Å²) in [6.45, 7) is 5.38. The summed E-state index contributed by atoms with van der Waals surface area (Å²) in [5, 5.41) is 12.3. The van der Waals surface area contributed by atoms with Crippen LogP contribution in [0.4, 0.5) is 5.13 Å². The summed E-state index contributed by atoms with van der Waals surface area (Å²) in [6.07, 6.45) is 2.00. The van der Waals surface area contributed by atoms with Gasteiger partial charge in [0.2, 0.25) is 0 Å². The quantitative estimate of drug-likeness (QED) is 0.923. The molecule has 0 saturated carbocycles. The molecule has 1 unspecified atom stereocenters. The number of nitrogens with zero attached hydrogens (tertiary/aromatic N) is 2. The Morgan fingerprint density at radius 2 is 2.39 bits per heavy atom. The number of aliphatic carboxylic acids is 1. The number of aromatic nitrogens is 1. The van der Waals surface area contributed by atoms with E-state index < -0.39 is 11.4 Å². The maximum Gasteiger partial charge on any atom is 0.309 e. The highest BCUT2D eigenvalue weighted by Gasteiger charge is 2.39. The van der Waals surface area contributed by atoms with Crippen LogP contribution in [0.2, 0.25) is 0 Å². The first kappa shape index (κ1) is 13.8. The van der Waals surface area contributed by atoms with Gasteiger partial charge in [0.15, 0.2) is 5.13 Å². The van der Waals surface area contributed by atoms with Crippen LogP contribution in [-0.2, 0) is 4.79 Å². The second-order valence-corrected chi connectivity index (χ2v) is 6.91. The fraction of sp³-hybridized carbons (Fsp3) is 0.667. The zero-order valence-electron chi connectivity index (χ0n) is 10.5. The third-order valence-electron chi connectivity index (χ3n) is 3.73. The van der Waals surface area contributed by atoms with Gasteiger partial charge in [-0.05, 0) is 48.5 Å². The number of thiazole rings is 1. The summed E-state index contributed by atoms with van der Waals surface area (Å²) >= 11 is 4.95. The Labute approximate surface area is 119 Å². The SMILES string of the molecule is CC(C)(C(=O)O)C1CCCN(c2nc(Br)cs2)C1. The first-order valence-corrected chi connectivity index (χ1v) is 7.68. The van der Waals surface area contributed by atoms with Gasteiger partial charge in [-0.15, -0.1) is 11.3 Å². The maximum atomic E-state index is 11.3. The predicted octanol–water partition coefficient (Wildman–Crippen LogP) is 3.23. The predicted molar refractivity (Wildman–Crippen MR) is 76.2 cm³/mol. The number of rotatable bonds is 3. The van der Waals surface area contributed by atoms with Crippen molar-refractivity contribution in [3.05, 3.63) is 9.98 Å². The molecule has 4 nitrogen and oxygen atoms in total. The number of hydrogen-bond donors (Lipinski definition) is 1. The van der Waals surface area contributed by atoms with Gasteiger partial charge in [0.05, 0.1) is 5.41 Å². The summed E-state index contributed by atoms with van der Waals surface area (Å²) in [6, 6.07) is 0. The van der Waals surface area contributed by atoms with Crippen LogP contribution < -0.4 is 4.90 Å². The lowest BCUT2D eigenvalue weighted by Crippen LogP contribution is -2.44. The number of hydrogen-bond acceptors (Lipinski definition) is 4. The van der Waals surface area contributed by atoms with Crippen LogP contribution in [0.15, 0.2) is 9.98 Å². The van der Waals surface area contributed by atoms with Gasteiger partial charge in [-0.25, -0.2) is 4.98 Å². The minimum absolute atomic E-state index is 0.173. The van der Waals surface area contributed by atoms with Crippen molar-refractivity contribution in [3.8, 4) is 0 Å². The Morgan fingerprint density at radius 3 is 2.94 bits per heavy atom. The van der Waals surface area contributed by atoms with Crippen LogP contribution in [-0.4, -0.2) is 29.1 Å². The average molecular weight is 333 g/mol. The Kier molecular flexibility index (Phi) is 3.96. The van der Waals surface area contributed by atoms with Crippen molar-refractivity contribution in [1.29, 1.82) is 0 Å². The second kappa shape index (κ2) is 5.17. The Bertz CT molecular complexity index is 447. The molecule has 1 saturated heterocycles. The first-order chi connectivity index (χ1) is 8.41. The molecule has 0 amide bonds. The van der Waals surface area contributed by atoms with Gasteiger partial charge >= 0.3 is 5.97 Å². The van der Waals surface area contributed by atoms with Crippen LogP contribution in [0.5, 0.6) is 0 Å². The highest BCUT2D eigenvalue weighted by Crippen LogP contribution is 2.36. The molecule has 18 heavy (non-hydrogen) atoms. The Hall–Kier alpha value is -0.620. The van der Waals surface area contributed by atoms with Gasteiger partial charge in [-0.2, -0.15) is 0 Å². The molecule has 1 aromatic rings. The lowest BCUT2D eigenvalue weighted by Gasteiger charge is -2.39. The summed E-state index contributed by atoms with van der Waals surface area (Å²) < 4.78 is 0.849. The molecule has 100 valence electrons. The van der Waals surface area contributed by atoms with E-state index in [0.717, 1.165) is 35.7 Å². The number of carboxylic acids is 1. The number of anilines is 1. The highest BCUT2D eigenvalue weighted by atomic mass is 79.9. The summed E-state index contributed by atoms with van der Waals surface area (Å²) in [5.41, 5.74) is -0.673. The van der Waals surface area contributed by atoms with Gasteiger partial charge in [-0.3, -0.25) is 4.79 Å². The molecule has 1 fully saturated rings. The van der Waals surface area contributed by atoms with Crippen LogP contribution in [0.25, 0.3) is 0 Å². The largest absolute Gasteiger partial charge is 0.481 e. The summed E-state index contributed by atoms with van der Waals surface area (Å²) in [5.74, 6) is -0.541. The van der Waals surface area contributed by atoms with Crippen molar-refractivity contribution in [2.45, 2.75) is 26.7 Å². The van der Waals surface area contributed by atoms with E-state index in [9.17, 15) is 9.90 Å². The van der Waals surface area contributed by atoms with Crippen molar-refractivity contribution in [2.24, 2.45) is 11.3 Å². The highest BCUT2D eigenvalue weighted by molar-refractivity contribution is 9.10. The van der Waals surface area contributed by atoms with E-state index in [2.05, 4.69) is 25.8 Å². The Balaban J connectivity index is 2.12. The number of carboxylic acid groups (broad SMARTS) is 1. The smallest absolute Gasteiger partial charge is 0.309 e. The molecule has 1 aliphatic rings. The fourth-order valence-electron chi connectivity index (χ4n) is 2.31. The van der Waals surface area contributed by atoms with Crippen molar-refractivity contribution in [2.75, 3.05) is 18.0 Å². The molecular weight excluding hydrogens is 316 g/mol. The topological polar surface area (TPSA) is 53.4 Å². The number of piperidine rings is 1. The monoisotopic (exact) mass is 332 g/mol. The van der Waals surface area contributed by atoms with Gasteiger partial charge in [0.1, 0.15) is 4.60 Å². The molecule has 0 bridgehead atoms. The average Bonchev–Trinajstić information content (AvgIpc) is 2.76. The van der Waals surface area contributed by atoms with E-state index in [1.165, 1.54) is 0 Å². The van der Waals surface area contributed by atoms with Crippen molar-refractivity contribution in [1.82, 2.24) is 4.98 Å². The molecular formula is C12H17BrN2O2S. The zero-order valence-corrected chi connectivity index (χ0v) is 12.9. The molecule has 6 heteroatoms. The van der Waals surface area contributed by atoms with E-state index in [4.69, 9.17) is 0 Å². The van der Waals surface area contributed by atoms with Gasteiger partial charge < -0.3 is 10.0 Å².